The summed E-state index contributed by atoms with van der Waals surface area (Å²) < 4.78 is 0. The summed E-state index contributed by atoms with van der Waals surface area (Å²) in [5.41, 5.74) is 8.90. The lowest BCUT2D eigenvalue weighted by Crippen LogP contribution is -2.54. The Kier molecular flexibility index (Phi) is 10.5. The molecule has 5 heterocycles. The van der Waals surface area contributed by atoms with Gasteiger partial charge in [0.05, 0.1) is 17.2 Å². The Labute approximate surface area is 356 Å². The normalized spacial score (nSPS) is 20.2. The van der Waals surface area contributed by atoms with Crippen LogP contribution in [0, 0.1) is 23.2 Å². The van der Waals surface area contributed by atoms with E-state index in [-0.39, 0.29) is 36.5 Å². The van der Waals surface area contributed by atoms with E-state index < -0.39 is 17.4 Å². The fourth-order valence-electron chi connectivity index (χ4n) is 10.3. The number of amides is 4. The number of piperazine rings is 1. The number of rotatable bonds is 7. The first-order valence-electron chi connectivity index (χ1n) is 21.8. The van der Waals surface area contributed by atoms with Gasteiger partial charge in [-0.15, -0.1) is 0 Å². The zero-order chi connectivity index (χ0) is 42.6. The molecule has 0 spiro atoms. The molecule has 3 saturated heterocycles. The van der Waals surface area contributed by atoms with Crippen molar-refractivity contribution in [2.75, 3.05) is 44.2 Å². The van der Waals surface area contributed by atoms with Crippen LogP contribution in [0.15, 0.2) is 48.5 Å². The van der Waals surface area contributed by atoms with Crippen molar-refractivity contribution in [3.8, 4) is 17.9 Å². The largest absolute Gasteiger partial charge is 0.371 e. The molecule has 3 aromatic carbocycles. The predicted octanol–water partition coefficient (Wildman–Crippen LogP) is 5.57. The van der Waals surface area contributed by atoms with Crippen molar-refractivity contribution >= 4 is 46.0 Å². The molecule has 1 unspecified atom stereocenters. The van der Waals surface area contributed by atoms with E-state index in [0.29, 0.717) is 42.9 Å². The van der Waals surface area contributed by atoms with Crippen molar-refractivity contribution in [1.82, 2.24) is 25.0 Å². The van der Waals surface area contributed by atoms with E-state index in [1.54, 1.807) is 18.2 Å². The Hall–Kier alpha value is -6.24. The Morgan fingerprint density at radius 2 is 1.72 bits per heavy atom. The number of carbonyl (C=O) groups excluding carboxylic acids is 5. The van der Waals surface area contributed by atoms with Crippen LogP contribution in [0.1, 0.15) is 126 Å². The molecular formula is C49H51N7O5. The zero-order valence-corrected chi connectivity index (χ0v) is 35.2. The van der Waals surface area contributed by atoms with Gasteiger partial charge >= 0.3 is 0 Å². The number of benzene rings is 3. The highest BCUT2D eigenvalue weighted by Crippen LogP contribution is 2.46. The number of imide groups is 1. The number of aryl methyl sites for hydroxylation is 1. The molecule has 5 aliphatic rings. The third kappa shape index (κ3) is 7.17. The summed E-state index contributed by atoms with van der Waals surface area (Å²) in [6, 6.07) is 17.4. The Morgan fingerprint density at radius 3 is 2.46 bits per heavy atom. The average molecular weight is 818 g/mol. The number of hydrogen-bond acceptors (Lipinski definition) is 8. The lowest BCUT2D eigenvalue weighted by molar-refractivity contribution is -0.137. The highest BCUT2D eigenvalue weighted by Gasteiger charge is 2.42. The molecule has 3 fully saturated rings. The van der Waals surface area contributed by atoms with Crippen LogP contribution in [0.4, 0.5) is 5.69 Å². The third-order valence-electron chi connectivity index (χ3n) is 13.8. The van der Waals surface area contributed by atoms with Crippen LogP contribution in [0.25, 0.3) is 10.9 Å². The first-order chi connectivity index (χ1) is 29.5. The van der Waals surface area contributed by atoms with E-state index in [0.717, 1.165) is 103 Å². The standard InChI is InChI=1S/C49H51N7O5/c1-4-31-26-36-38(49(2,3)46-44(45(36)59)35-14-13-30(28-50)25-39(35)51-46)27-41(31)54-19-17-33(18-20-54)53-21-23-55(24-22-53)43(58)12-7-5-6-9-32-10-8-11-34-37(32)29-56(48(34)61)40-15-16-42(57)52-47(40)60/h8,10-11,13-14,25-27,33,40,51H,4-5,7,12,15-24,29H2,1-3H3,(H,52,57,60). The van der Waals surface area contributed by atoms with Crippen molar-refractivity contribution in [3.63, 3.8) is 0 Å². The van der Waals surface area contributed by atoms with Crippen LogP contribution in [0.3, 0.4) is 0 Å². The summed E-state index contributed by atoms with van der Waals surface area (Å²) in [4.78, 5) is 76.7. The fraction of sp³-hybridized carbons (Fsp3) is 0.429. The third-order valence-corrected chi connectivity index (χ3v) is 13.8. The van der Waals surface area contributed by atoms with Crippen molar-refractivity contribution in [3.05, 3.63) is 98.7 Å². The number of hydrogen-bond donors (Lipinski definition) is 2. The highest BCUT2D eigenvalue weighted by atomic mass is 16.2. The van der Waals surface area contributed by atoms with E-state index in [4.69, 9.17) is 0 Å². The van der Waals surface area contributed by atoms with Gasteiger partial charge in [-0.1, -0.05) is 44.7 Å². The van der Waals surface area contributed by atoms with Crippen LogP contribution >= 0.6 is 0 Å². The second-order valence-corrected chi connectivity index (χ2v) is 17.6. The molecule has 4 aliphatic heterocycles. The van der Waals surface area contributed by atoms with Crippen LogP contribution in [0.5, 0.6) is 0 Å². The maximum atomic E-state index is 14.1. The summed E-state index contributed by atoms with van der Waals surface area (Å²) in [6.07, 6.45) is 5.08. The molecule has 1 aromatic heterocycles. The Bertz CT molecular complexity index is 2610. The van der Waals surface area contributed by atoms with E-state index in [1.807, 2.05) is 23.1 Å². The summed E-state index contributed by atoms with van der Waals surface area (Å²) >= 11 is 0. The molecule has 4 aromatic rings. The van der Waals surface area contributed by atoms with Gasteiger partial charge in [0.2, 0.25) is 17.7 Å². The molecule has 12 heteroatoms. The summed E-state index contributed by atoms with van der Waals surface area (Å²) in [7, 11) is 0. The first kappa shape index (κ1) is 40.2. The molecular weight excluding hydrogens is 767 g/mol. The molecule has 312 valence electrons. The van der Waals surface area contributed by atoms with Gasteiger partial charge in [0.1, 0.15) is 6.04 Å². The van der Waals surface area contributed by atoms with Crippen molar-refractivity contribution in [2.45, 2.75) is 96.2 Å². The number of nitrogens with zero attached hydrogens (tertiary/aromatic N) is 5. The number of anilines is 1. The molecule has 0 bridgehead atoms. The van der Waals surface area contributed by atoms with Gasteiger partial charge in [-0.25, -0.2) is 0 Å². The maximum Gasteiger partial charge on any atom is 0.255 e. The lowest BCUT2D eigenvalue weighted by atomic mass is 9.70. The lowest BCUT2D eigenvalue weighted by Gasteiger charge is -2.44. The fourth-order valence-corrected chi connectivity index (χ4v) is 10.3. The van der Waals surface area contributed by atoms with E-state index >= 15 is 0 Å². The highest BCUT2D eigenvalue weighted by molar-refractivity contribution is 6.20. The quantitative estimate of drug-likeness (QED) is 0.140. The number of H-pyrrole nitrogens is 1. The van der Waals surface area contributed by atoms with Gasteiger partial charge in [0.25, 0.3) is 5.91 Å². The monoisotopic (exact) mass is 817 g/mol. The van der Waals surface area contributed by atoms with Crippen molar-refractivity contribution < 1.29 is 24.0 Å². The summed E-state index contributed by atoms with van der Waals surface area (Å²) in [5.74, 6) is 5.67. The smallest absolute Gasteiger partial charge is 0.255 e. The Balaban J connectivity index is 0.766. The minimum Gasteiger partial charge on any atom is -0.371 e. The molecule has 0 saturated carbocycles. The van der Waals surface area contributed by atoms with E-state index in [9.17, 15) is 29.2 Å². The van der Waals surface area contributed by atoms with Crippen LogP contribution in [-0.2, 0) is 32.8 Å². The van der Waals surface area contributed by atoms with Gasteiger partial charge in [0.15, 0.2) is 5.78 Å². The molecule has 12 nitrogen and oxygen atoms in total. The average Bonchev–Trinajstić information content (AvgIpc) is 3.83. The van der Waals surface area contributed by atoms with Gasteiger partial charge in [-0.3, -0.25) is 34.2 Å². The van der Waals surface area contributed by atoms with Gasteiger partial charge in [-0.05, 0) is 85.2 Å². The molecule has 1 atom stereocenters. The molecule has 4 amide bonds. The summed E-state index contributed by atoms with van der Waals surface area (Å²) in [6.45, 7) is 11.8. The topological polar surface area (TPSA) is 150 Å². The van der Waals surface area contributed by atoms with E-state index in [2.05, 4.69) is 70.9 Å². The predicted molar refractivity (Wildman–Crippen MR) is 231 cm³/mol. The molecule has 9 rings (SSSR count). The van der Waals surface area contributed by atoms with Crippen LogP contribution < -0.4 is 10.2 Å². The Morgan fingerprint density at radius 1 is 0.934 bits per heavy atom. The number of aromatic nitrogens is 1. The number of carbonyl (C=O) groups is 5. The number of nitrogens with one attached hydrogen (secondary N) is 2. The minimum atomic E-state index is -0.665. The number of unbranched alkanes of at least 4 members (excludes halogenated alkanes) is 1. The number of nitriles is 1. The SMILES string of the molecule is CCc1cc2c(cc1N1CCC(N3CCN(C(=O)CCCC#Cc4cccc5c4CN(C4CCC(=O)NC4=O)C5=O)CC3)CC1)C(C)(C)c1[nH]c3cc(C#N)ccc3c1C2=O. The summed E-state index contributed by atoms with van der Waals surface area (Å²) in [5, 5.41) is 12.7. The second kappa shape index (κ2) is 16.0. The molecule has 0 radical (unpaired) electrons. The van der Waals surface area contributed by atoms with Gasteiger partial charge < -0.3 is 19.7 Å². The maximum absolute atomic E-state index is 14.1. The van der Waals surface area contributed by atoms with Crippen molar-refractivity contribution in [1.29, 1.82) is 5.26 Å². The molecule has 1 aliphatic carbocycles. The minimum absolute atomic E-state index is 0.0415. The van der Waals surface area contributed by atoms with Crippen LogP contribution in [0.2, 0.25) is 0 Å². The second-order valence-electron chi connectivity index (χ2n) is 17.6. The number of aromatic amines is 1. The van der Waals surface area contributed by atoms with Crippen molar-refractivity contribution in [2.24, 2.45) is 0 Å². The number of piperidine rings is 2. The van der Waals surface area contributed by atoms with Gasteiger partial charge in [0, 0.05) is 116 Å². The molecule has 2 N–H and O–H groups in total. The van der Waals surface area contributed by atoms with E-state index in [1.165, 1.54) is 16.2 Å². The van der Waals surface area contributed by atoms with Crippen LogP contribution in [-0.4, -0.2) is 100 Å². The number of fused-ring (bicyclic) bond motifs is 5. The zero-order valence-electron chi connectivity index (χ0n) is 35.2. The van der Waals surface area contributed by atoms with Gasteiger partial charge in [-0.2, -0.15) is 5.26 Å². The number of ketones is 1. The molecule has 61 heavy (non-hydrogen) atoms. The first-order valence-corrected chi connectivity index (χ1v) is 21.8.